The summed E-state index contributed by atoms with van der Waals surface area (Å²) >= 11 is 0. The second-order valence-electron chi connectivity index (χ2n) is 6.35. The first-order valence-electron chi connectivity index (χ1n) is 5.34. The third-order valence-corrected chi connectivity index (χ3v) is 2.61. The first-order chi connectivity index (χ1) is 6.11. The van der Waals surface area contributed by atoms with Gasteiger partial charge in [0.25, 0.3) is 0 Å². The summed E-state index contributed by atoms with van der Waals surface area (Å²) in [6, 6.07) is 0. The lowest BCUT2D eigenvalue weighted by Gasteiger charge is -2.21. The molecule has 0 N–H and O–H groups in total. The Morgan fingerprint density at radius 3 is 1.87 bits per heavy atom. The van der Waals surface area contributed by atoms with Crippen molar-refractivity contribution >= 4 is 5.97 Å². The maximum atomic E-state index is 11.7. The fourth-order valence-corrected chi connectivity index (χ4v) is 1.79. The van der Waals surface area contributed by atoms with Gasteiger partial charge in [0.05, 0.1) is 5.92 Å². The number of hydrogen-bond donors (Lipinski definition) is 0. The third-order valence-electron chi connectivity index (χ3n) is 2.61. The Kier molecular flexibility index (Phi) is 4.00. The van der Waals surface area contributed by atoms with Crippen LogP contribution in [0.15, 0.2) is 0 Å². The van der Waals surface area contributed by atoms with Crippen LogP contribution < -0.4 is 0 Å². The minimum Gasteiger partial charge on any atom is -0.460 e. The number of rotatable bonds is 1. The molecule has 2 heteroatoms. The van der Waals surface area contributed by atoms with Gasteiger partial charge in [0.15, 0.2) is 0 Å². The minimum atomic E-state index is -0.345. The fraction of sp³-hybridized carbons (Fsp3) is 0.923. The van der Waals surface area contributed by atoms with Crippen molar-refractivity contribution in [3.63, 3.8) is 0 Å². The molecule has 15 heavy (non-hydrogen) atoms. The van der Waals surface area contributed by atoms with Crippen LogP contribution in [-0.2, 0) is 9.53 Å². The van der Waals surface area contributed by atoms with Crippen LogP contribution in [0.3, 0.4) is 0 Å². The van der Waals surface area contributed by atoms with E-state index < -0.39 is 0 Å². The molecular formula is C13H26O2. The van der Waals surface area contributed by atoms with Gasteiger partial charge >= 0.3 is 5.97 Å². The Morgan fingerprint density at radius 1 is 1.13 bits per heavy atom. The number of hydrogen-bond acceptors (Lipinski definition) is 2. The molecule has 1 aliphatic carbocycles. The highest BCUT2D eigenvalue weighted by molar-refractivity contribution is 5.76. The summed E-state index contributed by atoms with van der Waals surface area (Å²) in [6.45, 7) is 12.3. The lowest BCUT2D eigenvalue weighted by Crippen LogP contribution is -2.26. The largest absolute Gasteiger partial charge is 0.460 e. The average molecular weight is 214 g/mol. The molecule has 0 aromatic rings. The van der Waals surface area contributed by atoms with Crippen molar-refractivity contribution in [2.45, 2.75) is 61.0 Å². The van der Waals surface area contributed by atoms with Crippen molar-refractivity contribution in [3.05, 3.63) is 0 Å². The summed E-state index contributed by atoms with van der Waals surface area (Å²) in [5, 5.41) is 0. The van der Waals surface area contributed by atoms with Crippen molar-refractivity contribution in [2.24, 2.45) is 17.3 Å². The monoisotopic (exact) mass is 214 g/mol. The second-order valence-corrected chi connectivity index (χ2v) is 6.35. The van der Waals surface area contributed by atoms with Crippen LogP contribution in [-0.4, -0.2) is 11.6 Å². The molecule has 0 amide bonds. The predicted molar refractivity (Wildman–Crippen MR) is 63.6 cm³/mol. The van der Waals surface area contributed by atoms with Gasteiger partial charge < -0.3 is 4.74 Å². The second kappa shape index (κ2) is 4.15. The van der Waals surface area contributed by atoms with E-state index in [4.69, 9.17) is 4.74 Å². The van der Waals surface area contributed by atoms with E-state index in [1.165, 1.54) is 0 Å². The Balaban J connectivity index is 0.00000196. The van der Waals surface area contributed by atoms with Crippen LogP contribution in [0, 0.1) is 17.3 Å². The summed E-state index contributed by atoms with van der Waals surface area (Å²) in [6.07, 6.45) is 0.998. The Hall–Kier alpha value is -0.530. The molecular weight excluding hydrogens is 188 g/mol. The SMILES string of the molecule is C.CC(C)(C)OC(=O)C1CC1C(C)(C)C. The van der Waals surface area contributed by atoms with Gasteiger partial charge in [-0.3, -0.25) is 4.79 Å². The molecule has 2 unspecified atom stereocenters. The number of carbonyl (C=O) groups is 1. The van der Waals surface area contributed by atoms with Gasteiger partial charge in [-0.25, -0.2) is 0 Å². The molecule has 1 fully saturated rings. The summed E-state index contributed by atoms with van der Waals surface area (Å²) < 4.78 is 5.35. The zero-order valence-corrected chi connectivity index (χ0v) is 10.2. The van der Waals surface area contributed by atoms with Crippen molar-refractivity contribution in [2.75, 3.05) is 0 Å². The molecule has 0 aliphatic heterocycles. The smallest absolute Gasteiger partial charge is 0.309 e. The molecule has 0 spiro atoms. The molecule has 0 radical (unpaired) electrons. The molecule has 2 nitrogen and oxygen atoms in total. The summed E-state index contributed by atoms with van der Waals surface area (Å²) in [5.74, 6) is 0.643. The topological polar surface area (TPSA) is 26.3 Å². The summed E-state index contributed by atoms with van der Waals surface area (Å²) in [7, 11) is 0. The molecule has 0 heterocycles. The van der Waals surface area contributed by atoms with Gasteiger partial charge in [-0.1, -0.05) is 28.2 Å². The van der Waals surface area contributed by atoms with E-state index in [0.717, 1.165) is 6.42 Å². The van der Waals surface area contributed by atoms with Crippen molar-refractivity contribution in [3.8, 4) is 0 Å². The highest BCUT2D eigenvalue weighted by atomic mass is 16.6. The number of carbonyl (C=O) groups excluding carboxylic acids is 1. The lowest BCUT2D eigenvalue weighted by molar-refractivity contribution is -0.157. The van der Waals surface area contributed by atoms with E-state index in [0.29, 0.717) is 5.92 Å². The van der Waals surface area contributed by atoms with Gasteiger partial charge in [0.1, 0.15) is 5.60 Å². The molecule has 0 bridgehead atoms. The van der Waals surface area contributed by atoms with Gasteiger partial charge in [0, 0.05) is 0 Å². The van der Waals surface area contributed by atoms with Crippen LogP contribution in [0.1, 0.15) is 55.4 Å². The van der Waals surface area contributed by atoms with Gasteiger partial charge in [-0.15, -0.1) is 0 Å². The van der Waals surface area contributed by atoms with Crippen LogP contribution in [0.4, 0.5) is 0 Å². The van der Waals surface area contributed by atoms with Crippen LogP contribution in [0.2, 0.25) is 0 Å². The number of ether oxygens (including phenoxy) is 1. The maximum absolute atomic E-state index is 11.7. The molecule has 1 rings (SSSR count). The first kappa shape index (κ1) is 14.5. The van der Waals surface area contributed by atoms with E-state index in [1.54, 1.807) is 0 Å². The molecule has 90 valence electrons. The fourth-order valence-electron chi connectivity index (χ4n) is 1.79. The van der Waals surface area contributed by atoms with E-state index in [1.807, 2.05) is 20.8 Å². The Labute approximate surface area is 94.4 Å². The van der Waals surface area contributed by atoms with Crippen LogP contribution in [0.25, 0.3) is 0 Å². The number of esters is 1. The summed E-state index contributed by atoms with van der Waals surface area (Å²) in [4.78, 5) is 11.7. The van der Waals surface area contributed by atoms with Gasteiger partial charge in [0.2, 0.25) is 0 Å². The van der Waals surface area contributed by atoms with Crippen LogP contribution in [0.5, 0.6) is 0 Å². The zero-order valence-electron chi connectivity index (χ0n) is 10.2. The van der Waals surface area contributed by atoms with Crippen LogP contribution >= 0.6 is 0 Å². The Bertz CT molecular complexity index is 230. The van der Waals surface area contributed by atoms with E-state index >= 15 is 0 Å². The lowest BCUT2D eigenvalue weighted by atomic mass is 9.89. The quantitative estimate of drug-likeness (QED) is 0.623. The van der Waals surface area contributed by atoms with Crippen molar-refractivity contribution < 1.29 is 9.53 Å². The summed E-state index contributed by atoms with van der Waals surface area (Å²) in [5.41, 5.74) is -0.107. The molecule has 0 aromatic heterocycles. The van der Waals surface area contributed by atoms with Crippen molar-refractivity contribution in [1.29, 1.82) is 0 Å². The standard InChI is InChI=1S/C12H22O2.CH4/c1-11(2,3)9-7-8(9)10(13)14-12(4,5)6;/h8-9H,7H2,1-6H3;1H4. The zero-order chi connectivity index (χ0) is 11.1. The molecule has 0 aromatic carbocycles. The Morgan fingerprint density at radius 2 is 1.60 bits per heavy atom. The van der Waals surface area contributed by atoms with E-state index in [9.17, 15) is 4.79 Å². The van der Waals surface area contributed by atoms with Crippen molar-refractivity contribution in [1.82, 2.24) is 0 Å². The molecule has 1 saturated carbocycles. The highest BCUT2D eigenvalue weighted by Crippen LogP contribution is 2.51. The normalized spacial score (nSPS) is 25.5. The van der Waals surface area contributed by atoms with Gasteiger partial charge in [-0.05, 0) is 38.5 Å². The van der Waals surface area contributed by atoms with E-state index in [2.05, 4.69) is 20.8 Å². The van der Waals surface area contributed by atoms with E-state index in [-0.39, 0.29) is 30.3 Å². The average Bonchev–Trinajstić information content (AvgIpc) is 2.55. The minimum absolute atomic E-state index is 0. The molecule has 2 atom stereocenters. The van der Waals surface area contributed by atoms with Gasteiger partial charge in [-0.2, -0.15) is 0 Å². The molecule has 0 saturated heterocycles. The highest BCUT2D eigenvalue weighted by Gasteiger charge is 2.51. The molecule has 1 aliphatic rings. The third kappa shape index (κ3) is 4.23. The predicted octanol–water partition coefficient (Wildman–Crippen LogP) is 3.65. The first-order valence-corrected chi connectivity index (χ1v) is 5.34. The maximum Gasteiger partial charge on any atom is 0.309 e.